The van der Waals surface area contributed by atoms with Gasteiger partial charge in [-0.2, -0.15) is 0 Å². The predicted molar refractivity (Wildman–Crippen MR) is 88.3 cm³/mol. The van der Waals surface area contributed by atoms with Gasteiger partial charge in [-0.25, -0.2) is 4.98 Å². The number of nitrogens with one attached hydrogen (secondary N) is 1. The van der Waals surface area contributed by atoms with E-state index < -0.39 is 0 Å². The molecule has 0 bridgehead atoms. The summed E-state index contributed by atoms with van der Waals surface area (Å²) in [5, 5.41) is 3.35. The zero-order valence-electron chi connectivity index (χ0n) is 12.8. The minimum atomic E-state index is -0.0215. The molecule has 6 heteroatoms. The molecule has 1 aromatic carbocycles. The summed E-state index contributed by atoms with van der Waals surface area (Å²) in [6, 6.07) is 7.74. The second kappa shape index (κ2) is 6.94. The Kier molecular flexibility index (Phi) is 5.21. The van der Waals surface area contributed by atoms with Gasteiger partial charge in [0.25, 0.3) is 5.91 Å². The first-order valence-corrected chi connectivity index (χ1v) is 7.22. The van der Waals surface area contributed by atoms with Gasteiger partial charge in [0.15, 0.2) is 0 Å². The smallest absolute Gasteiger partial charge is 0.254 e. The van der Waals surface area contributed by atoms with Gasteiger partial charge in [0, 0.05) is 44.6 Å². The van der Waals surface area contributed by atoms with Crippen LogP contribution in [0.15, 0.2) is 36.7 Å². The second-order valence-corrected chi connectivity index (χ2v) is 5.48. The van der Waals surface area contributed by atoms with Gasteiger partial charge >= 0.3 is 0 Å². The number of halogens is 1. The third-order valence-electron chi connectivity index (χ3n) is 3.93. The number of imidazole rings is 1. The summed E-state index contributed by atoms with van der Waals surface area (Å²) in [7, 11) is 1.96. The van der Waals surface area contributed by atoms with E-state index in [1.54, 1.807) is 6.20 Å². The molecule has 2 heterocycles. The summed E-state index contributed by atoms with van der Waals surface area (Å²) >= 11 is 0. The molecule has 3 rings (SSSR count). The van der Waals surface area contributed by atoms with Crippen molar-refractivity contribution in [1.82, 2.24) is 19.8 Å². The maximum absolute atomic E-state index is 12.8. The monoisotopic (exact) mass is 320 g/mol. The van der Waals surface area contributed by atoms with Crippen LogP contribution in [0.1, 0.15) is 27.8 Å². The van der Waals surface area contributed by atoms with E-state index >= 15 is 0 Å². The number of piperazine rings is 1. The molecule has 118 valence electrons. The van der Waals surface area contributed by atoms with Crippen LogP contribution in [0.3, 0.4) is 0 Å². The number of benzene rings is 1. The van der Waals surface area contributed by atoms with Crippen molar-refractivity contribution in [3.05, 3.63) is 53.6 Å². The van der Waals surface area contributed by atoms with Gasteiger partial charge in [-0.05, 0) is 19.1 Å². The highest BCUT2D eigenvalue weighted by atomic mass is 35.5. The Balaban J connectivity index is 0.00000176. The van der Waals surface area contributed by atoms with Crippen molar-refractivity contribution in [2.45, 2.75) is 13.0 Å². The maximum Gasteiger partial charge on any atom is 0.254 e. The summed E-state index contributed by atoms with van der Waals surface area (Å²) < 4.78 is 1.98. The van der Waals surface area contributed by atoms with E-state index in [1.165, 1.54) is 0 Å². The summed E-state index contributed by atoms with van der Waals surface area (Å²) in [6.07, 6.45) is 3.69. The SMILES string of the molecule is Cc1cccc(C(=O)N2CCNCC2c2nccn2C)c1.Cl. The summed E-state index contributed by atoms with van der Waals surface area (Å²) in [6.45, 7) is 4.26. The van der Waals surface area contributed by atoms with Crippen LogP contribution in [-0.4, -0.2) is 40.0 Å². The van der Waals surface area contributed by atoms with Crippen molar-refractivity contribution in [3.8, 4) is 0 Å². The van der Waals surface area contributed by atoms with Gasteiger partial charge in [-0.15, -0.1) is 12.4 Å². The van der Waals surface area contributed by atoms with Crippen molar-refractivity contribution in [2.24, 2.45) is 7.05 Å². The number of rotatable bonds is 2. The van der Waals surface area contributed by atoms with Crippen molar-refractivity contribution in [2.75, 3.05) is 19.6 Å². The van der Waals surface area contributed by atoms with Crippen LogP contribution in [0.4, 0.5) is 0 Å². The topological polar surface area (TPSA) is 50.2 Å². The van der Waals surface area contributed by atoms with Gasteiger partial charge in [0.05, 0.1) is 0 Å². The lowest BCUT2D eigenvalue weighted by molar-refractivity contribution is 0.0621. The minimum Gasteiger partial charge on any atom is -0.336 e. The highest BCUT2D eigenvalue weighted by molar-refractivity contribution is 5.94. The van der Waals surface area contributed by atoms with E-state index in [-0.39, 0.29) is 24.4 Å². The Bertz CT molecular complexity index is 655. The molecule has 1 N–H and O–H groups in total. The number of hydrogen-bond donors (Lipinski definition) is 1. The molecule has 2 aromatic rings. The Morgan fingerprint density at radius 2 is 2.23 bits per heavy atom. The van der Waals surface area contributed by atoms with Crippen LogP contribution in [-0.2, 0) is 7.05 Å². The predicted octanol–water partition coefficient (Wildman–Crippen LogP) is 1.94. The number of carbonyl (C=O) groups excluding carboxylic acids is 1. The van der Waals surface area contributed by atoms with Gasteiger partial charge < -0.3 is 14.8 Å². The molecule has 1 aliphatic heterocycles. The fraction of sp³-hybridized carbons (Fsp3) is 0.375. The molecule has 1 atom stereocenters. The summed E-state index contributed by atoms with van der Waals surface area (Å²) in [4.78, 5) is 19.2. The van der Waals surface area contributed by atoms with E-state index in [0.717, 1.165) is 30.0 Å². The third-order valence-corrected chi connectivity index (χ3v) is 3.93. The normalized spacial score (nSPS) is 17.9. The highest BCUT2D eigenvalue weighted by Gasteiger charge is 2.30. The van der Waals surface area contributed by atoms with E-state index in [4.69, 9.17) is 0 Å². The Hall–Kier alpha value is -1.85. The van der Waals surface area contributed by atoms with Gasteiger partial charge in [0.1, 0.15) is 11.9 Å². The van der Waals surface area contributed by atoms with Crippen LogP contribution in [0.5, 0.6) is 0 Å². The van der Waals surface area contributed by atoms with Crippen molar-refractivity contribution < 1.29 is 4.79 Å². The van der Waals surface area contributed by atoms with Crippen LogP contribution in [0.25, 0.3) is 0 Å². The first-order valence-electron chi connectivity index (χ1n) is 7.22. The van der Waals surface area contributed by atoms with Gasteiger partial charge in [0.2, 0.25) is 0 Å². The van der Waals surface area contributed by atoms with Gasteiger partial charge in [-0.1, -0.05) is 17.7 Å². The average molecular weight is 321 g/mol. The number of hydrogen-bond acceptors (Lipinski definition) is 3. The molecular formula is C16H21ClN4O. The first-order chi connectivity index (χ1) is 10.2. The minimum absolute atomic E-state index is 0. The lowest BCUT2D eigenvalue weighted by atomic mass is 10.1. The highest BCUT2D eigenvalue weighted by Crippen LogP contribution is 2.22. The molecule has 0 saturated carbocycles. The van der Waals surface area contributed by atoms with Crippen LogP contribution >= 0.6 is 12.4 Å². The van der Waals surface area contributed by atoms with Crippen LogP contribution < -0.4 is 5.32 Å². The summed E-state index contributed by atoms with van der Waals surface area (Å²) in [5.74, 6) is 0.997. The molecule has 0 radical (unpaired) electrons. The van der Waals surface area contributed by atoms with Gasteiger partial charge in [-0.3, -0.25) is 4.79 Å². The number of nitrogens with zero attached hydrogens (tertiary/aromatic N) is 3. The van der Waals surface area contributed by atoms with E-state index in [9.17, 15) is 4.79 Å². The Labute approximate surface area is 136 Å². The molecule has 22 heavy (non-hydrogen) atoms. The zero-order valence-corrected chi connectivity index (χ0v) is 13.6. The number of amides is 1. The number of aromatic nitrogens is 2. The Morgan fingerprint density at radius 1 is 1.41 bits per heavy atom. The molecule has 5 nitrogen and oxygen atoms in total. The molecule has 1 unspecified atom stereocenters. The maximum atomic E-state index is 12.8. The Morgan fingerprint density at radius 3 is 2.91 bits per heavy atom. The molecule has 1 amide bonds. The van der Waals surface area contributed by atoms with Crippen molar-refractivity contribution >= 4 is 18.3 Å². The second-order valence-electron chi connectivity index (χ2n) is 5.48. The van der Waals surface area contributed by atoms with Crippen LogP contribution in [0.2, 0.25) is 0 Å². The van der Waals surface area contributed by atoms with E-state index in [1.807, 2.05) is 53.9 Å². The fourth-order valence-electron chi connectivity index (χ4n) is 2.82. The first kappa shape index (κ1) is 16.5. The molecule has 1 saturated heterocycles. The van der Waals surface area contributed by atoms with Crippen molar-refractivity contribution in [1.29, 1.82) is 0 Å². The quantitative estimate of drug-likeness (QED) is 0.920. The third kappa shape index (κ3) is 3.15. The number of aryl methyl sites for hydroxylation is 2. The van der Waals surface area contributed by atoms with E-state index in [2.05, 4.69) is 10.3 Å². The molecule has 1 aromatic heterocycles. The largest absolute Gasteiger partial charge is 0.336 e. The molecule has 0 aliphatic carbocycles. The standard InChI is InChI=1S/C16H20N4O.ClH/c1-12-4-3-5-13(10-12)16(21)20-9-6-17-11-14(20)15-18-7-8-19(15)2;/h3-5,7-8,10,14,17H,6,9,11H2,1-2H3;1H. The lowest BCUT2D eigenvalue weighted by Crippen LogP contribution is -2.49. The van der Waals surface area contributed by atoms with Crippen LogP contribution in [0, 0.1) is 6.92 Å². The molecule has 0 spiro atoms. The fourth-order valence-corrected chi connectivity index (χ4v) is 2.82. The lowest BCUT2D eigenvalue weighted by Gasteiger charge is -2.35. The molecular weight excluding hydrogens is 300 g/mol. The summed E-state index contributed by atoms with van der Waals surface area (Å²) in [5.41, 5.74) is 1.85. The molecule has 1 fully saturated rings. The average Bonchev–Trinajstić information content (AvgIpc) is 2.92. The van der Waals surface area contributed by atoms with Crippen molar-refractivity contribution in [3.63, 3.8) is 0 Å². The van der Waals surface area contributed by atoms with E-state index in [0.29, 0.717) is 6.54 Å². The molecule has 1 aliphatic rings. The zero-order chi connectivity index (χ0) is 14.8. The number of carbonyl (C=O) groups is 1.